The van der Waals surface area contributed by atoms with Crippen molar-refractivity contribution in [2.45, 2.75) is 32.1 Å². The van der Waals surface area contributed by atoms with Crippen molar-refractivity contribution in [1.82, 2.24) is 0 Å². The molecule has 1 aliphatic heterocycles. The molecule has 1 unspecified atom stereocenters. The Hall–Kier alpha value is -1.64. The molecule has 3 rings (SSSR count). The molecule has 0 radical (unpaired) electrons. The molecule has 0 spiro atoms. The second-order valence-electron chi connectivity index (χ2n) is 5.32. The summed E-state index contributed by atoms with van der Waals surface area (Å²) in [5.74, 6) is -0.150. The van der Waals surface area contributed by atoms with E-state index in [0.717, 1.165) is 37.7 Å². The Morgan fingerprint density at radius 3 is 3.00 bits per heavy atom. The maximum Gasteiger partial charge on any atom is 0.230 e. The Morgan fingerprint density at radius 2 is 2.21 bits per heavy atom. The van der Waals surface area contributed by atoms with Crippen molar-refractivity contribution in [1.29, 1.82) is 0 Å². The van der Waals surface area contributed by atoms with Crippen molar-refractivity contribution < 1.29 is 9.18 Å². The van der Waals surface area contributed by atoms with Crippen molar-refractivity contribution in [3.8, 4) is 0 Å². The fourth-order valence-electron chi connectivity index (χ4n) is 3.06. The number of amides is 1. The average molecular weight is 259 g/mol. The number of fused-ring (bicyclic) bond motifs is 1. The minimum Gasteiger partial charge on any atom is -0.309 e. The fourth-order valence-corrected chi connectivity index (χ4v) is 3.06. The lowest BCUT2D eigenvalue weighted by Crippen LogP contribution is -2.40. The first-order valence-electron chi connectivity index (χ1n) is 7.01. The highest BCUT2D eigenvalue weighted by atomic mass is 19.1. The molecule has 3 heteroatoms. The lowest BCUT2D eigenvalue weighted by Gasteiger charge is -2.33. The number of allylic oxidation sites excluding steroid dienone is 2. The van der Waals surface area contributed by atoms with Gasteiger partial charge in [0, 0.05) is 12.5 Å². The highest BCUT2D eigenvalue weighted by Crippen LogP contribution is 2.32. The van der Waals surface area contributed by atoms with Crippen molar-refractivity contribution in [2.24, 2.45) is 5.92 Å². The van der Waals surface area contributed by atoms with Gasteiger partial charge in [-0.3, -0.25) is 4.79 Å². The Bertz CT molecular complexity index is 523. The van der Waals surface area contributed by atoms with Gasteiger partial charge in [0.2, 0.25) is 5.91 Å². The third-order valence-electron chi connectivity index (χ3n) is 4.05. The van der Waals surface area contributed by atoms with Gasteiger partial charge in [0.05, 0.1) is 5.69 Å². The van der Waals surface area contributed by atoms with Crippen LogP contribution in [0.1, 0.15) is 31.2 Å². The molecular formula is C16H18FNO. The van der Waals surface area contributed by atoms with E-state index in [1.807, 2.05) is 6.07 Å². The average Bonchev–Trinajstić information content (AvgIpc) is 2.47. The third-order valence-corrected chi connectivity index (χ3v) is 4.05. The predicted octanol–water partition coefficient (Wildman–Crippen LogP) is 3.46. The van der Waals surface area contributed by atoms with Gasteiger partial charge in [-0.1, -0.05) is 24.3 Å². The molecule has 1 aromatic rings. The summed E-state index contributed by atoms with van der Waals surface area (Å²) in [6.07, 6.45) is 8.60. The second kappa shape index (κ2) is 5.16. The third kappa shape index (κ3) is 2.29. The molecule has 100 valence electrons. The number of rotatable bonds is 1. The molecule has 0 fully saturated rings. The highest BCUT2D eigenvalue weighted by molar-refractivity contribution is 5.96. The normalized spacial score (nSPS) is 22.2. The van der Waals surface area contributed by atoms with E-state index in [9.17, 15) is 9.18 Å². The zero-order valence-electron chi connectivity index (χ0n) is 10.9. The Balaban J connectivity index is 1.90. The van der Waals surface area contributed by atoms with Crippen molar-refractivity contribution >= 4 is 11.6 Å². The number of carbonyl (C=O) groups is 1. The number of hydrogen-bond acceptors (Lipinski definition) is 1. The molecule has 1 heterocycles. The van der Waals surface area contributed by atoms with E-state index in [-0.39, 0.29) is 17.6 Å². The van der Waals surface area contributed by atoms with Gasteiger partial charge in [0.15, 0.2) is 0 Å². The molecule has 0 aromatic heterocycles. The molecule has 2 aliphatic rings. The number of halogens is 1. The summed E-state index contributed by atoms with van der Waals surface area (Å²) in [5, 5.41) is 0. The van der Waals surface area contributed by atoms with E-state index >= 15 is 0 Å². The van der Waals surface area contributed by atoms with Crippen LogP contribution in [0.2, 0.25) is 0 Å². The van der Waals surface area contributed by atoms with Gasteiger partial charge in [-0.05, 0) is 43.7 Å². The number of anilines is 1. The monoisotopic (exact) mass is 259 g/mol. The lowest BCUT2D eigenvalue weighted by atomic mass is 9.91. The number of benzene rings is 1. The fraction of sp³-hybridized carbons (Fsp3) is 0.438. The van der Waals surface area contributed by atoms with E-state index in [4.69, 9.17) is 0 Å². The minimum atomic E-state index is -0.267. The number of carbonyl (C=O) groups excluding carboxylic acids is 1. The Morgan fingerprint density at radius 1 is 1.32 bits per heavy atom. The van der Waals surface area contributed by atoms with Crippen LogP contribution in [0.5, 0.6) is 0 Å². The van der Waals surface area contributed by atoms with Gasteiger partial charge in [-0.2, -0.15) is 0 Å². The maximum absolute atomic E-state index is 14.0. The summed E-state index contributed by atoms with van der Waals surface area (Å²) in [6.45, 7) is 0.646. The molecule has 1 aliphatic carbocycles. The number of hydrogen-bond donors (Lipinski definition) is 0. The quantitative estimate of drug-likeness (QED) is 0.707. The first-order valence-corrected chi connectivity index (χ1v) is 7.01. The van der Waals surface area contributed by atoms with Gasteiger partial charge in [-0.15, -0.1) is 0 Å². The van der Waals surface area contributed by atoms with Crippen LogP contribution in [-0.2, 0) is 11.2 Å². The summed E-state index contributed by atoms with van der Waals surface area (Å²) in [7, 11) is 0. The Labute approximate surface area is 112 Å². The molecular weight excluding hydrogens is 241 g/mol. The summed E-state index contributed by atoms with van der Waals surface area (Å²) in [6, 6.07) is 5.11. The van der Waals surface area contributed by atoms with Crippen LogP contribution >= 0.6 is 0 Å². The van der Waals surface area contributed by atoms with E-state index < -0.39 is 0 Å². The topological polar surface area (TPSA) is 20.3 Å². The van der Waals surface area contributed by atoms with Crippen LogP contribution in [0, 0.1) is 11.7 Å². The number of aryl methyl sites for hydroxylation is 1. The van der Waals surface area contributed by atoms with Gasteiger partial charge in [0.25, 0.3) is 0 Å². The van der Waals surface area contributed by atoms with Crippen LogP contribution in [-0.4, -0.2) is 12.5 Å². The van der Waals surface area contributed by atoms with Crippen molar-refractivity contribution in [3.05, 3.63) is 41.7 Å². The summed E-state index contributed by atoms with van der Waals surface area (Å²) in [4.78, 5) is 14.3. The largest absolute Gasteiger partial charge is 0.309 e. The summed E-state index contributed by atoms with van der Waals surface area (Å²) >= 11 is 0. The number of nitrogens with zero attached hydrogens (tertiary/aromatic N) is 1. The molecule has 0 N–H and O–H groups in total. The molecule has 1 atom stereocenters. The molecule has 0 saturated carbocycles. The van der Waals surface area contributed by atoms with Gasteiger partial charge in [0.1, 0.15) is 5.82 Å². The van der Waals surface area contributed by atoms with Crippen LogP contribution < -0.4 is 4.90 Å². The molecule has 19 heavy (non-hydrogen) atoms. The maximum atomic E-state index is 14.0. The van der Waals surface area contributed by atoms with Gasteiger partial charge in [-0.25, -0.2) is 4.39 Å². The van der Waals surface area contributed by atoms with E-state index in [1.54, 1.807) is 11.0 Å². The molecule has 0 saturated heterocycles. The van der Waals surface area contributed by atoms with E-state index in [1.165, 1.54) is 6.07 Å². The standard InChI is InChI=1S/C16H18FNO/c17-14-10-4-8-12-9-5-11-18(15(12)14)16(19)13-6-2-1-3-7-13/h1-2,4,8,10,13H,3,5-7,9,11H2. The zero-order chi connectivity index (χ0) is 13.2. The minimum absolute atomic E-state index is 0.0237. The molecule has 1 amide bonds. The predicted molar refractivity (Wildman–Crippen MR) is 73.6 cm³/mol. The SMILES string of the molecule is O=C(C1CC=CCC1)N1CCCc2cccc(F)c21. The van der Waals surface area contributed by atoms with E-state index in [0.29, 0.717) is 12.2 Å². The first-order chi connectivity index (χ1) is 9.27. The molecule has 1 aromatic carbocycles. The second-order valence-corrected chi connectivity index (χ2v) is 5.32. The summed E-state index contributed by atoms with van der Waals surface area (Å²) in [5.41, 5.74) is 1.49. The molecule has 2 nitrogen and oxygen atoms in total. The van der Waals surface area contributed by atoms with Gasteiger partial charge < -0.3 is 4.90 Å². The van der Waals surface area contributed by atoms with Crippen LogP contribution in [0.25, 0.3) is 0 Å². The first kappa shape index (κ1) is 12.4. The zero-order valence-corrected chi connectivity index (χ0v) is 10.9. The van der Waals surface area contributed by atoms with Crippen molar-refractivity contribution in [3.63, 3.8) is 0 Å². The lowest BCUT2D eigenvalue weighted by molar-refractivity contribution is -0.122. The number of para-hydroxylation sites is 1. The van der Waals surface area contributed by atoms with Crippen LogP contribution in [0.3, 0.4) is 0 Å². The smallest absolute Gasteiger partial charge is 0.230 e. The van der Waals surface area contributed by atoms with Crippen molar-refractivity contribution in [2.75, 3.05) is 11.4 Å². The highest BCUT2D eigenvalue weighted by Gasteiger charge is 2.30. The van der Waals surface area contributed by atoms with Crippen LogP contribution in [0.15, 0.2) is 30.4 Å². The van der Waals surface area contributed by atoms with E-state index in [2.05, 4.69) is 12.2 Å². The van der Waals surface area contributed by atoms with Crippen LogP contribution in [0.4, 0.5) is 10.1 Å². The summed E-state index contributed by atoms with van der Waals surface area (Å²) < 4.78 is 14.0. The van der Waals surface area contributed by atoms with Gasteiger partial charge >= 0.3 is 0 Å². The molecule has 0 bridgehead atoms. The Kier molecular flexibility index (Phi) is 3.36.